The average Bonchev–Trinajstić information content (AvgIpc) is 2.63. The van der Waals surface area contributed by atoms with Crippen LogP contribution in [0, 0.1) is 0 Å². The molecule has 25 heavy (non-hydrogen) atoms. The third kappa shape index (κ3) is 4.40. The first-order valence-corrected chi connectivity index (χ1v) is 8.97. The molecule has 3 rings (SSSR count). The lowest BCUT2D eigenvalue weighted by Gasteiger charge is -2.40. The lowest BCUT2D eigenvalue weighted by Crippen LogP contribution is -2.53. The van der Waals surface area contributed by atoms with E-state index in [-0.39, 0.29) is 11.9 Å². The molecule has 1 aliphatic heterocycles. The Morgan fingerprint density at radius 1 is 1.08 bits per heavy atom. The third-order valence-electron chi connectivity index (χ3n) is 4.63. The van der Waals surface area contributed by atoms with E-state index in [1.807, 2.05) is 42.2 Å². The van der Waals surface area contributed by atoms with Crippen molar-refractivity contribution in [3.8, 4) is 5.75 Å². The predicted octanol–water partition coefficient (Wildman–Crippen LogP) is 3.43. The van der Waals surface area contributed by atoms with Crippen molar-refractivity contribution < 1.29 is 9.53 Å². The van der Waals surface area contributed by atoms with Crippen LogP contribution in [0.15, 0.2) is 54.6 Å². The van der Waals surface area contributed by atoms with Crippen LogP contribution in [-0.2, 0) is 6.54 Å². The molecule has 2 aromatic rings. The molecule has 0 aromatic heterocycles. The van der Waals surface area contributed by atoms with Crippen molar-refractivity contribution >= 4 is 5.91 Å². The van der Waals surface area contributed by atoms with Gasteiger partial charge in [-0.2, -0.15) is 0 Å². The van der Waals surface area contributed by atoms with Crippen LogP contribution in [0.3, 0.4) is 0 Å². The number of nitrogens with zero attached hydrogens (tertiary/aromatic N) is 2. The number of ether oxygens (including phenoxy) is 1. The second kappa shape index (κ2) is 8.17. The number of hydrogen-bond acceptors (Lipinski definition) is 3. The zero-order valence-electron chi connectivity index (χ0n) is 15.0. The highest BCUT2D eigenvalue weighted by Gasteiger charge is 2.28. The van der Waals surface area contributed by atoms with Gasteiger partial charge in [0.25, 0.3) is 5.91 Å². The second-order valence-corrected chi connectivity index (χ2v) is 6.53. The first-order valence-electron chi connectivity index (χ1n) is 8.97. The van der Waals surface area contributed by atoms with Gasteiger partial charge in [-0.05, 0) is 43.7 Å². The monoisotopic (exact) mass is 338 g/mol. The summed E-state index contributed by atoms with van der Waals surface area (Å²) in [6.07, 6.45) is 0. The van der Waals surface area contributed by atoms with E-state index in [1.54, 1.807) is 0 Å². The molecule has 0 radical (unpaired) electrons. The van der Waals surface area contributed by atoms with Crippen LogP contribution >= 0.6 is 0 Å². The fourth-order valence-electron chi connectivity index (χ4n) is 3.35. The van der Waals surface area contributed by atoms with E-state index in [0.29, 0.717) is 6.61 Å². The number of carbonyl (C=O) groups excluding carboxylic acids is 1. The molecule has 4 nitrogen and oxygen atoms in total. The molecule has 1 saturated heterocycles. The number of benzene rings is 2. The minimum absolute atomic E-state index is 0.106. The zero-order valence-corrected chi connectivity index (χ0v) is 15.0. The van der Waals surface area contributed by atoms with E-state index < -0.39 is 0 Å². The van der Waals surface area contributed by atoms with Crippen molar-refractivity contribution in [1.29, 1.82) is 0 Å². The van der Waals surface area contributed by atoms with E-state index in [2.05, 4.69) is 36.1 Å². The summed E-state index contributed by atoms with van der Waals surface area (Å²) in [6, 6.07) is 18.2. The van der Waals surface area contributed by atoms with Crippen LogP contribution in [0.4, 0.5) is 0 Å². The summed E-state index contributed by atoms with van der Waals surface area (Å²) >= 11 is 0. The van der Waals surface area contributed by atoms with E-state index in [0.717, 1.165) is 37.5 Å². The van der Waals surface area contributed by atoms with Crippen molar-refractivity contribution in [3.05, 3.63) is 65.7 Å². The fraction of sp³-hybridized carbons (Fsp3) is 0.381. The van der Waals surface area contributed by atoms with Crippen LogP contribution in [0.2, 0.25) is 0 Å². The Balaban J connectivity index is 1.59. The molecule has 132 valence electrons. The normalized spacial score (nSPS) is 18.2. The molecule has 0 unspecified atom stereocenters. The maximum absolute atomic E-state index is 12.8. The second-order valence-electron chi connectivity index (χ2n) is 6.53. The number of piperazine rings is 1. The lowest BCUT2D eigenvalue weighted by atomic mass is 10.1. The topological polar surface area (TPSA) is 32.8 Å². The summed E-state index contributed by atoms with van der Waals surface area (Å²) in [4.78, 5) is 17.2. The minimum Gasteiger partial charge on any atom is -0.494 e. The summed E-state index contributed by atoms with van der Waals surface area (Å²) in [5.41, 5.74) is 2.05. The molecule has 1 heterocycles. The van der Waals surface area contributed by atoms with Crippen LogP contribution < -0.4 is 4.74 Å². The summed E-state index contributed by atoms with van der Waals surface area (Å²) in [7, 11) is 0. The van der Waals surface area contributed by atoms with Crippen molar-refractivity contribution in [2.24, 2.45) is 0 Å². The highest BCUT2D eigenvalue weighted by molar-refractivity contribution is 5.94. The average molecular weight is 338 g/mol. The van der Waals surface area contributed by atoms with E-state index in [1.165, 1.54) is 5.56 Å². The van der Waals surface area contributed by atoms with Crippen LogP contribution in [0.5, 0.6) is 5.75 Å². The molecule has 0 N–H and O–H groups in total. The van der Waals surface area contributed by atoms with Gasteiger partial charge in [0.05, 0.1) is 6.61 Å². The van der Waals surface area contributed by atoms with Crippen LogP contribution in [0.1, 0.15) is 29.8 Å². The Morgan fingerprint density at radius 3 is 2.44 bits per heavy atom. The standard InChI is InChI=1S/C21H26N2O2/c1-3-25-20-11-9-19(10-12-20)21(24)23-14-13-22(15-17(23)2)16-18-7-5-4-6-8-18/h4-12,17H,3,13-16H2,1-2H3/t17-/m1/s1. The first kappa shape index (κ1) is 17.5. The summed E-state index contributed by atoms with van der Waals surface area (Å²) in [5, 5.41) is 0. The minimum atomic E-state index is 0.106. The van der Waals surface area contributed by atoms with Gasteiger partial charge in [-0.25, -0.2) is 0 Å². The molecule has 1 amide bonds. The summed E-state index contributed by atoms with van der Waals surface area (Å²) in [5.74, 6) is 0.912. The highest BCUT2D eigenvalue weighted by Crippen LogP contribution is 2.18. The maximum atomic E-state index is 12.8. The maximum Gasteiger partial charge on any atom is 0.254 e. The van der Waals surface area contributed by atoms with Crippen molar-refractivity contribution in [1.82, 2.24) is 9.80 Å². The number of rotatable bonds is 5. The molecule has 1 fully saturated rings. The molecule has 0 bridgehead atoms. The van der Waals surface area contributed by atoms with Gasteiger partial charge in [0.2, 0.25) is 0 Å². The lowest BCUT2D eigenvalue weighted by molar-refractivity contribution is 0.0475. The largest absolute Gasteiger partial charge is 0.494 e. The number of hydrogen-bond donors (Lipinski definition) is 0. The van der Waals surface area contributed by atoms with Crippen LogP contribution in [0.25, 0.3) is 0 Å². The van der Waals surface area contributed by atoms with Gasteiger partial charge in [-0.1, -0.05) is 30.3 Å². The van der Waals surface area contributed by atoms with Gasteiger partial charge in [-0.15, -0.1) is 0 Å². The van der Waals surface area contributed by atoms with Crippen LogP contribution in [-0.4, -0.2) is 48.0 Å². The van der Waals surface area contributed by atoms with E-state index in [4.69, 9.17) is 4.74 Å². The number of amides is 1. The first-order chi connectivity index (χ1) is 12.2. The highest BCUT2D eigenvalue weighted by atomic mass is 16.5. The van der Waals surface area contributed by atoms with Crippen molar-refractivity contribution in [2.45, 2.75) is 26.4 Å². The molecule has 1 atom stereocenters. The van der Waals surface area contributed by atoms with Gasteiger partial charge < -0.3 is 9.64 Å². The van der Waals surface area contributed by atoms with Crippen molar-refractivity contribution in [3.63, 3.8) is 0 Å². The molecular formula is C21H26N2O2. The third-order valence-corrected chi connectivity index (χ3v) is 4.63. The van der Waals surface area contributed by atoms with Gasteiger partial charge in [0.15, 0.2) is 0 Å². The zero-order chi connectivity index (χ0) is 17.6. The quantitative estimate of drug-likeness (QED) is 0.837. The van der Waals surface area contributed by atoms with Gasteiger partial charge in [0, 0.05) is 37.8 Å². The summed E-state index contributed by atoms with van der Waals surface area (Å²) < 4.78 is 5.45. The van der Waals surface area contributed by atoms with Crippen molar-refractivity contribution in [2.75, 3.05) is 26.2 Å². The van der Waals surface area contributed by atoms with Gasteiger partial charge in [0.1, 0.15) is 5.75 Å². The van der Waals surface area contributed by atoms with Gasteiger partial charge >= 0.3 is 0 Å². The number of carbonyl (C=O) groups is 1. The molecule has 0 spiro atoms. The van der Waals surface area contributed by atoms with Gasteiger partial charge in [-0.3, -0.25) is 9.69 Å². The molecule has 1 aliphatic rings. The molecule has 0 aliphatic carbocycles. The summed E-state index contributed by atoms with van der Waals surface area (Å²) in [6.45, 7) is 8.23. The predicted molar refractivity (Wildman–Crippen MR) is 99.8 cm³/mol. The smallest absolute Gasteiger partial charge is 0.254 e. The Morgan fingerprint density at radius 2 is 1.80 bits per heavy atom. The SMILES string of the molecule is CCOc1ccc(C(=O)N2CCN(Cc3ccccc3)C[C@H]2C)cc1. The Labute approximate surface area is 150 Å². The molecular weight excluding hydrogens is 312 g/mol. The fourth-order valence-corrected chi connectivity index (χ4v) is 3.35. The molecule has 0 saturated carbocycles. The molecule has 4 heteroatoms. The Bertz CT molecular complexity index is 685. The van der Waals surface area contributed by atoms with E-state index in [9.17, 15) is 4.79 Å². The Hall–Kier alpha value is -2.33. The molecule has 2 aromatic carbocycles. The Kier molecular flexibility index (Phi) is 5.71. The van der Waals surface area contributed by atoms with E-state index >= 15 is 0 Å².